The van der Waals surface area contributed by atoms with Crippen LogP contribution in [-0.2, 0) is 0 Å². The van der Waals surface area contributed by atoms with Gasteiger partial charge < -0.3 is 22.1 Å². The molecule has 3 aromatic rings. The Morgan fingerprint density at radius 3 is 2.62 bits per heavy atom. The number of anilines is 3. The van der Waals surface area contributed by atoms with Gasteiger partial charge in [-0.25, -0.2) is 9.37 Å². The number of hydrogen-bond donors (Lipinski definition) is 4. The predicted molar refractivity (Wildman–Crippen MR) is 114 cm³/mol. The Bertz CT molecular complexity index is 1050. The van der Waals surface area contributed by atoms with Crippen molar-refractivity contribution in [2.75, 3.05) is 17.2 Å². The van der Waals surface area contributed by atoms with Gasteiger partial charge in [0.1, 0.15) is 5.82 Å². The third kappa shape index (κ3) is 4.60. The van der Waals surface area contributed by atoms with Crippen LogP contribution in [0.4, 0.5) is 21.7 Å². The van der Waals surface area contributed by atoms with E-state index in [-0.39, 0.29) is 28.7 Å². The van der Waals surface area contributed by atoms with Crippen LogP contribution in [0.3, 0.4) is 0 Å². The fraction of sp³-hybridized carbons (Fsp3) is 0.286. The number of nitrogens with zero attached hydrogens (tertiary/aromatic N) is 2. The van der Waals surface area contributed by atoms with Crippen LogP contribution in [0.15, 0.2) is 42.6 Å². The van der Waals surface area contributed by atoms with Crippen LogP contribution < -0.4 is 22.1 Å². The van der Waals surface area contributed by atoms with E-state index in [4.69, 9.17) is 11.5 Å². The quantitative estimate of drug-likeness (QED) is 0.507. The molecule has 6 N–H and O–H groups in total. The summed E-state index contributed by atoms with van der Waals surface area (Å²) in [6.45, 7) is 6.28. The molecule has 7 nitrogen and oxygen atoms in total. The molecule has 0 aliphatic carbocycles. The Morgan fingerprint density at radius 2 is 1.97 bits per heavy atom. The molecule has 2 aromatic heterocycles. The van der Waals surface area contributed by atoms with E-state index in [2.05, 4.69) is 20.6 Å². The summed E-state index contributed by atoms with van der Waals surface area (Å²) in [6.07, 6.45) is 1.71. The smallest absolute Gasteiger partial charge is 0.252 e. The molecule has 0 fully saturated rings. The number of hydrogen-bond acceptors (Lipinski definition) is 6. The molecule has 1 aromatic carbocycles. The number of fused-ring (bicyclic) bond motifs is 1. The first-order valence-electron chi connectivity index (χ1n) is 9.28. The molecule has 0 bridgehead atoms. The topological polar surface area (TPSA) is 119 Å². The highest BCUT2D eigenvalue weighted by Gasteiger charge is 2.25. The summed E-state index contributed by atoms with van der Waals surface area (Å²) in [5, 5.41) is 7.02. The maximum atomic E-state index is 14.6. The fourth-order valence-corrected chi connectivity index (χ4v) is 2.96. The van der Waals surface area contributed by atoms with E-state index in [1.807, 2.05) is 45.0 Å². The second-order valence-electron chi connectivity index (χ2n) is 7.91. The van der Waals surface area contributed by atoms with Crippen molar-refractivity contribution in [1.29, 1.82) is 0 Å². The standard InChI is InChI=1S/C21H25FN6O/c1-21(2,3)17(11-23)27-20-15(22)10-14(18(24)29)19(28-20)26-13-6-7-16-12(9-13)5-4-8-25-16/h4-10,17H,11,23H2,1-3H3,(H2,24,29)(H2,26,27,28). The minimum Gasteiger partial charge on any atom is -0.365 e. The summed E-state index contributed by atoms with van der Waals surface area (Å²) < 4.78 is 14.6. The van der Waals surface area contributed by atoms with Gasteiger partial charge in [-0.15, -0.1) is 0 Å². The van der Waals surface area contributed by atoms with Crippen molar-refractivity contribution in [3.63, 3.8) is 0 Å². The van der Waals surface area contributed by atoms with Crippen LogP contribution in [0, 0.1) is 11.2 Å². The third-order valence-electron chi connectivity index (χ3n) is 4.70. The molecule has 0 saturated heterocycles. The predicted octanol–water partition coefficient (Wildman–Crippen LogP) is 3.40. The van der Waals surface area contributed by atoms with E-state index in [1.165, 1.54) is 0 Å². The molecule has 2 heterocycles. The number of nitrogens with one attached hydrogen (secondary N) is 2. The average molecular weight is 396 g/mol. The van der Waals surface area contributed by atoms with Crippen LogP contribution in [0.25, 0.3) is 10.9 Å². The highest BCUT2D eigenvalue weighted by molar-refractivity contribution is 5.99. The number of carbonyl (C=O) groups excluding carboxylic acids is 1. The second-order valence-corrected chi connectivity index (χ2v) is 7.91. The third-order valence-corrected chi connectivity index (χ3v) is 4.70. The zero-order chi connectivity index (χ0) is 21.2. The molecule has 0 aliphatic heterocycles. The van der Waals surface area contributed by atoms with Crippen LogP contribution in [0.5, 0.6) is 0 Å². The van der Waals surface area contributed by atoms with E-state index in [1.54, 1.807) is 12.3 Å². The molecule has 1 unspecified atom stereocenters. The molecule has 0 aliphatic rings. The molecule has 3 rings (SSSR count). The number of carbonyl (C=O) groups is 1. The first kappa shape index (κ1) is 20.5. The van der Waals surface area contributed by atoms with Crippen LogP contribution in [0.2, 0.25) is 0 Å². The Balaban J connectivity index is 2.00. The SMILES string of the molecule is CC(C)(C)C(CN)Nc1nc(Nc2ccc3ncccc3c2)c(C(N)=O)cc1F. The van der Waals surface area contributed by atoms with Gasteiger partial charge in [-0.2, -0.15) is 0 Å². The average Bonchev–Trinajstić information content (AvgIpc) is 2.66. The molecule has 152 valence electrons. The second kappa shape index (κ2) is 8.00. The zero-order valence-electron chi connectivity index (χ0n) is 16.7. The lowest BCUT2D eigenvalue weighted by atomic mass is 9.87. The van der Waals surface area contributed by atoms with Gasteiger partial charge >= 0.3 is 0 Å². The minimum absolute atomic E-state index is 0.00494. The van der Waals surface area contributed by atoms with Crippen molar-refractivity contribution < 1.29 is 9.18 Å². The Labute approximate surface area is 168 Å². The molecular weight excluding hydrogens is 371 g/mol. The molecule has 0 spiro atoms. The summed E-state index contributed by atoms with van der Waals surface area (Å²) in [7, 11) is 0. The van der Waals surface area contributed by atoms with Gasteiger partial charge in [0.25, 0.3) is 5.91 Å². The molecular formula is C21H25FN6O. The molecule has 1 amide bonds. The normalized spacial score (nSPS) is 12.6. The van der Waals surface area contributed by atoms with Gasteiger partial charge in [0, 0.05) is 29.9 Å². The van der Waals surface area contributed by atoms with Gasteiger partial charge in [0.15, 0.2) is 11.6 Å². The highest BCUT2D eigenvalue weighted by Crippen LogP contribution is 2.28. The van der Waals surface area contributed by atoms with Crippen LogP contribution in [-0.4, -0.2) is 28.5 Å². The summed E-state index contributed by atoms with van der Waals surface area (Å²) >= 11 is 0. The first-order valence-corrected chi connectivity index (χ1v) is 9.28. The number of aromatic nitrogens is 2. The summed E-state index contributed by atoms with van der Waals surface area (Å²) in [5.74, 6) is -1.28. The van der Waals surface area contributed by atoms with Crippen molar-refractivity contribution in [3.05, 3.63) is 54.0 Å². The lowest BCUT2D eigenvalue weighted by Crippen LogP contribution is -2.41. The lowest BCUT2D eigenvalue weighted by molar-refractivity contribution is 0.100. The van der Waals surface area contributed by atoms with Crippen molar-refractivity contribution in [2.45, 2.75) is 26.8 Å². The first-order chi connectivity index (χ1) is 13.7. The van der Waals surface area contributed by atoms with E-state index in [0.717, 1.165) is 17.0 Å². The lowest BCUT2D eigenvalue weighted by Gasteiger charge is -2.31. The zero-order valence-corrected chi connectivity index (χ0v) is 16.7. The van der Waals surface area contributed by atoms with Crippen LogP contribution in [0.1, 0.15) is 31.1 Å². The summed E-state index contributed by atoms with van der Waals surface area (Å²) in [6, 6.07) is 10.1. The highest BCUT2D eigenvalue weighted by atomic mass is 19.1. The summed E-state index contributed by atoms with van der Waals surface area (Å²) in [4.78, 5) is 20.4. The monoisotopic (exact) mass is 396 g/mol. The Morgan fingerprint density at radius 1 is 1.21 bits per heavy atom. The number of rotatable bonds is 6. The van der Waals surface area contributed by atoms with E-state index >= 15 is 0 Å². The Hall–Kier alpha value is -3.26. The number of benzene rings is 1. The molecule has 8 heteroatoms. The van der Waals surface area contributed by atoms with E-state index < -0.39 is 11.7 Å². The number of amides is 1. The van der Waals surface area contributed by atoms with Crippen molar-refractivity contribution in [1.82, 2.24) is 9.97 Å². The maximum Gasteiger partial charge on any atom is 0.252 e. The molecule has 1 atom stereocenters. The number of nitrogens with two attached hydrogens (primary N) is 2. The molecule has 0 saturated carbocycles. The van der Waals surface area contributed by atoms with Crippen molar-refractivity contribution >= 4 is 34.1 Å². The van der Waals surface area contributed by atoms with Gasteiger partial charge in [0.2, 0.25) is 0 Å². The van der Waals surface area contributed by atoms with E-state index in [9.17, 15) is 9.18 Å². The van der Waals surface area contributed by atoms with E-state index in [0.29, 0.717) is 12.2 Å². The maximum absolute atomic E-state index is 14.6. The van der Waals surface area contributed by atoms with Gasteiger partial charge in [-0.05, 0) is 35.7 Å². The number of primary amides is 1. The Kier molecular flexibility index (Phi) is 5.65. The number of pyridine rings is 2. The molecule has 29 heavy (non-hydrogen) atoms. The largest absolute Gasteiger partial charge is 0.365 e. The van der Waals surface area contributed by atoms with Gasteiger partial charge in [-0.1, -0.05) is 26.8 Å². The fourth-order valence-electron chi connectivity index (χ4n) is 2.96. The van der Waals surface area contributed by atoms with Gasteiger partial charge in [0.05, 0.1) is 11.1 Å². The summed E-state index contributed by atoms with van der Waals surface area (Å²) in [5.41, 5.74) is 12.5. The van der Waals surface area contributed by atoms with Crippen molar-refractivity contribution in [3.8, 4) is 0 Å². The minimum atomic E-state index is -0.779. The van der Waals surface area contributed by atoms with Gasteiger partial charge in [-0.3, -0.25) is 9.78 Å². The molecule has 0 radical (unpaired) electrons. The number of halogens is 1. The van der Waals surface area contributed by atoms with Crippen LogP contribution >= 0.6 is 0 Å². The van der Waals surface area contributed by atoms with Crippen molar-refractivity contribution in [2.24, 2.45) is 16.9 Å².